The van der Waals surface area contributed by atoms with Crippen molar-refractivity contribution in [1.82, 2.24) is 39.9 Å². The maximum absolute atomic E-state index is 10.5. The van der Waals surface area contributed by atoms with Crippen molar-refractivity contribution in [3.05, 3.63) is 93.0 Å². The van der Waals surface area contributed by atoms with Gasteiger partial charge in [0.2, 0.25) is 0 Å². The summed E-state index contributed by atoms with van der Waals surface area (Å²) in [5.41, 5.74) is -1.32. The first kappa shape index (κ1) is 34.7. The Kier molecular flexibility index (Phi) is 7.90. The molecule has 0 fully saturated rings. The Balaban J connectivity index is 0.00000455. The third kappa shape index (κ3) is 4.71. The Morgan fingerprint density at radius 3 is 1.09 bits per heavy atom. The standard InChI is InChI=1S/C40H10N16.Cu/c41-9-21-23(11-43)27(15-47)31-29(25(21)13-45)37-52-35-19-7-3-1-5-17(19)33(50-35)49-34-18-6-2-4-8-20(18)36(51-34)53-38-30-26(14-46)22(10-42)24(12-44)28(16-48)32(30)40(55-38)56-39(31)54-37;/h1-8H,(H2,49,50,51,52,53,54,55,56);. The van der Waals surface area contributed by atoms with Gasteiger partial charge in [0.15, 0.2) is 23.3 Å². The zero-order chi connectivity index (χ0) is 38.8. The molecule has 17 heteroatoms. The van der Waals surface area contributed by atoms with Gasteiger partial charge in [0.25, 0.3) is 0 Å². The number of fused-ring (bicyclic) bond motifs is 20. The minimum Gasteiger partial charge on any atom is -0.324 e. The van der Waals surface area contributed by atoms with Crippen molar-refractivity contribution in [3.8, 4) is 94.1 Å². The van der Waals surface area contributed by atoms with Gasteiger partial charge in [-0.15, -0.1) is 0 Å². The SMILES string of the molecule is N#Cc1c(C#N)c(C#N)c2c(c1C#N)-c1nc-2nc2[nH]c(nc3nc(nc4[nH]c(n1)c1ccccc41)-c1ccccc1-3)c1c(C#N)c(C#N)c(C#N)c(C#N)c21.[Cu]. The molecule has 8 bridgehead atoms. The van der Waals surface area contributed by atoms with E-state index in [1.165, 1.54) is 0 Å². The van der Waals surface area contributed by atoms with Crippen LogP contribution in [0, 0.1) is 90.6 Å². The third-order valence-corrected chi connectivity index (χ3v) is 9.43. The minimum absolute atomic E-state index is 0. The molecule has 3 aromatic heterocycles. The molecular weight excluding hydrogens is 768 g/mol. The van der Waals surface area contributed by atoms with Crippen LogP contribution in [0.4, 0.5) is 0 Å². The molecule has 57 heavy (non-hydrogen) atoms. The number of nitriles is 8. The van der Waals surface area contributed by atoms with Crippen LogP contribution >= 0.6 is 0 Å². The van der Waals surface area contributed by atoms with E-state index >= 15 is 0 Å². The summed E-state index contributed by atoms with van der Waals surface area (Å²) in [6.07, 6.45) is 0. The Bertz CT molecular complexity index is 3590. The molecule has 0 saturated carbocycles. The molecule has 16 nitrogen and oxygen atoms in total. The van der Waals surface area contributed by atoms with E-state index in [2.05, 4.69) is 15.0 Å². The number of benzene rings is 4. The van der Waals surface area contributed by atoms with E-state index in [1.807, 2.05) is 60.7 Å². The van der Waals surface area contributed by atoms with Crippen molar-refractivity contribution in [2.45, 2.75) is 0 Å². The molecule has 5 heterocycles. The van der Waals surface area contributed by atoms with Crippen LogP contribution in [-0.4, -0.2) is 39.9 Å². The van der Waals surface area contributed by atoms with Crippen molar-refractivity contribution in [2.24, 2.45) is 0 Å². The monoisotopic (exact) mass is 777 g/mol. The van der Waals surface area contributed by atoms with Crippen LogP contribution < -0.4 is 0 Å². The first-order valence-corrected chi connectivity index (χ1v) is 16.1. The summed E-state index contributed by atoms with van der Waals surface area (Å²) in [6, 6.07) is 29.8. The average molecular weight is 778 g/mol. The largest absolute Gasteiger partial charge is 0.324 e. The van der Waals surface area contributed by atoms with E-state index in [0.29, 0.717) is 27.5 Å². The Labute approximate surface area is 329 Å². The van der Waals surface area contributed by atoms with Crippen LogP contribution in [0.25, 0.3) is 89.7 Å². The summed E-state index contributed by atoms with van der Waals surface area (Å²) in [6.45, 7) is 0. The van der Waals surface area contributed by atoms with E-state index in [-0.39, 0.29) is 118 Å². The minimum atomic E-state index is -0.390. The second kappa shape index (κ2) is 13.0. The van der Waals surface area contributed by atoms with Gasteiger partial charge in [-0.05, 0) is 0 Å². The Morgan fingerprint density at radius 1 is 0.351 bits per heavy atom. The number of rotatable bonds is 0. The fourth-order valence-corrected chi connectivity index (χ4v) is 7.10. The Morgan fingerprint density at radius 2 is 0.667 bits per heavy atom. The number of aromatic amines is 2. The maximum atomic E-state index is 10.5. The third-order valence-electron chi connectivity index (χ3n) is 9.43. The molecule has 0 atom stereocenters. The smallest absolute Gasteiger partial charge is 0.166 e. The van der Waals surface area contributed by atoms with E-state index in [0.717, 1.165) is 0 Å². The van der Waals surface area contributed by atoms with Gasteiger partial charge in [0.05, 0.1) is 55.6 Å². The molecule has 1 radical (unpaired) electrons. The van der Waals surface area contributed by atoms with Gasteiger partial charge < -0.3 is 9.97 Å². The van der Waals surface area contributed by atoms with Crippen molar-refractivity contribution >= 4 is 44.1 Å². The molecule has 2 aliphatic rings. The maximum Gasteiger partial charge on any atom is 0.166 e. The molecule has 0 saturated heterocycles. The van der Waals surface area contributed by atoms with Gasteiger partial charge in [0, 0.05) is 49.7 Å². The first-order chi connectivity index (χ1) is 27.4. The average Bonchev–Trinajstić information content (AvgIpc) is 3.97. The van der Waals surface area contributed by atoms with Gasteiger partial charge in [-0.2, -0.15) is 42.1 Å². The van der Waals surface area contributed by atoms with Gasteiger partial charge in [-0.25, -0.2) is 29.9 Å². The number of hydrogen-bond donors (Lipinski definition) is 2. The topological polar surface area (TPSA) is 299 Å². The van der Waals surface area contributed by atoms with Gasteiger partial charge >= 0.3 is 0 Å². The van der Waals surface area contributed by atoms with Crippen LogP contribution in [0.3, 0.4) is 0 Å². The number of nitrogens with one attached hydrogen (secondary N) is 2. The van der Waals surface area contributed by atoms with Crippen molar-refractivity contribution in [1.29, 1.82) is 42.1 Å². The van der Waals surface area contributed by atoms with Crippen LogP contribution in [0.15, 0.2) is 48.5 Å². The normalized spacial score (nSPS) is 10.5. The summed E-state index contributed by atoms with van der Waals surface area (Å²) in [4.78, 5) is 34.9. The van der Waals surface area contributed by atoms with Crippen LogP contribution in [0.1, 0.15) is 44.5 Å². The molecule has 0 aliphatic carbocycles. The first-order valence-electron chi connectivity index (χ1n) is 16.1. The summed E-state index contributed by atoms with van der Waals surface area (Å²) in [5, 5.41) is 83.6. The molecule has 7 aromatic rings. The molecular formula is C40H10CuN16. The second-order valence-electron chi connectivity index (χ2n) is 12.1. The fourth-order valence-electron chi connectivity index (χ4n) is 7.10. The van der Waals surface area contributed by atoms with E-state index in [1.54, 1.807) is 36.4 Å². The molecule has 0 amide bonds. The van der Waals surface area contributed by atoms with Crippen LogP contribution in [0.2, 0.25) is 0 Å². The predicted molar refractivity (Wildman–Crippen MR) is 194 cm³/mol. The molecule has 0 spiro atoms. The molecule has 0 unspecified atom stereocenters. The van der Waals surface area contributed by atoms with Gasteiger partial charge in [-0.1, -0.05) is 48.5 Å². The Hall–Kier alpha value is -9.32. The number of H-pyrrole nitrogens is 2. The quantitative estimate of drug-likeness (QED) is 0.171. The molecule has 2 aliphatic heterocycles. The van der Waals surface area contributed by atoms with Gasteiger partial charge in [-0.3, -0.25) is 0 Å². The molecule has 261 valence electrons. The van der Waals surface area contributed by atoms with E-state index in [4.69, 9.17) is 24.9 Å². The summed E-state index contributed by atoms with van der Waals surface area (Å²) in [5.74, 6) is 0.00104. The van der Waals surface area contributed by atoms with Crippen molar-refractivity contribution in [2.75, 3.05) is 0 Å². The number of aromatic nitrogens is 8. The van der Waals surface area contributed by atoms with Crippen molar-refractivity contribution < 1.29 is 17.1 Å². The zero-order valence-corrected chi connectivity index (χ0v) is 29.1. The molecule has 2 N–H and O–H groups in total. The van der Waals surface area contributed by atoms with Crippen molar-refractivity contribution in [3.63, 3.8) is 0 Å². The number of nitrogens with zero attached hydrogens (tertiary/aromatic N) is 14. The number of hydrogen-bond acceptors (Lipinski definition) is 14. The summed E-state index contributed by atoms with van der Waals surface area (Å²) in [7, 11) is 0. The predicted octanol–water partition coefficient (Wildman–Crippen LogP) is 5.84. The van der Waals surface area contributed by atoms with Crippen LogP contribution in [0.5, 0.6) is 0 Å². The van der Waals surface area contributed by atoms with Crippen LogP contribution in [-0.2, 0) is 17.1 Å². The summed E-state index contributed by atoms with van der Waals surface area (Å²) < 4.78 is 0. The van der Waals surface area contributed by atoms with E-state index < -0.39 is 5.56 Å². The summed E-state index contributed by atoms with van der Waals surface area (Å²) >= 11 is 0. The molecule has 9 rings (SSSR count). The second-order valence-corrected chi connectivity index (χ2v) is 12.1. The molecule has 4 aromatic carbocycles. The zero-order valence-electron chi connectivity index (χ0n) is 28.2. The van der Waals surface area contributed by atoms with E-state index in [9.17, 15) is 42.1 Å². The van der Waals surface area contributed by atoms with Gasteiger partial charge in [0.1, 0.15) is 71.1 Å². The fraction of sp³-hybridized carbons (Fsp3) is 0.